The van der Waals surface area contributed by atoms with Gasteiger partial charge in [0.2, 0.25) is 5.91 Å². The van der Waals surface area contributed by atoms with Crippen LogP contribution in [0.1, 0.15) is 25.0 Å². The Morgan fingerprint density at radius 1 is 1.27 bits per heavy atom. The third kappa shape index (κ3) is 4.91. The Kier molecular flexibility index (Phi) is 6.63. The molecule has 0 radical (unpaired) electrons. The minimum Gasteiger partial charge on any atom is -0.496 e. The zero-order valence-corrected chi connectivity index (χ0v) is 13.8. The second-order valence-corrected chi connectivity index (χ2v) is 5.21. The fourth-order valence-electron chi connectivity index (χ4n) is 1.96. The summed E-state index contributed by atoms with van der Waals surface area (Å²) < 4.78 is 9.89. The molecule has 0 atom stereocenters. The highest BCUT2D eigenvalue weighted by atomic mass is 16.5. The van der Waals surface area contributed by atoms with Crippen molar-refractivity contribution in [2.75, 3.05) is 20.8 Å². The minimum atomic E-state index is -0.441. The van der Waals surface area contributed by atoms with Crippen LogP contribution in [-0.2, 0) is 14.3 Å². The number of esters is 1. The predicted molar refractivity (Wildman–Crippen MR) is 85.6 cm³/mol. The summed E-state index contributed by atoms with van der Waals surface area (Å²) in [5.41, 5.74) is 1.89. The molecule has 0 fully saturated rings. The lowest BCUT2D eigenvalue weighted by molar-refractivity contribution is -0.146. The topological polar surface area (TPSA) is 55.8 Å². The van der Waals surface area contributed by atoms with Crippen LogP contribution in [0.15, 0.2) is 24.3 Å². The van der Waals surface area contributed by atoms with E-state index in [1.54, 1.807) is 13.2 Å². The van der Waals surface area contributed by atoms with Gasteiger partial charge in [0.1, 0.15) is 12.3 Å². The monoisotopic (exact) mass is 305 g/mol. The Morgan fingerprint density at radius 2 is 1.95 bits per heavy atom. The second-order valence-electron chi connectivity index (χ2n) is 5.21. The van der Waals surface area contributed by atoms with E-state index in [-0.39, 0.29) is 18.5 Å². The van der Waals surface area contributed by atoms with Crippen molar-refractivity contribution in [1.82, 2.24) is 4.90 Å². The van der Waals surface area contributed by atoms with Crippen LogP contribution in [0, 0.1) is 6.92 Å². The van der Waals surface area contributed by atoms with Gasteiger partial charge in [0.25, 0.3) is 0 Å². The zero-order chi connectivity index (χ0) is 16.7. The van der Waals surface area contributed by atoms with Gasteiger partial charge in [-0.05, 0) is 39.0 Å². The Bertz CT molecular complexity index is 564. The number of rotatable bonds is 6. The standard InChI is InChI=1S/C17H23NO4/c1-12(2)18(11-17(20)22-5)16(19)9-7-14-10-13(3)6-8-15(14)21-4/h6-10,12H,11H2,1-5H3/b9-7+. The van der Waals surface area contributed by atoms with Gasteiger partial charge < -0.3 is 14.4 Å². The van der Waals surface area contributed by atoms with Crippen molar-refractivity contribution in [3.05, 3.63) is 35.4 Å². The Hall–Kier alpha value is -2.30. The zero-order valence-electron chi connectivity index (χ0n) is 13.8. The lowest BCUT2D eigenvalue weighted by Crippen LogP contribution is -2.40. The highest BCUT2D eigenvalue weighted by Crippen LogP contribution is 2.21. The Balaban J connectivity index is 2.93. The molecule has 0 aliphatic carbocycles. The normalized spacial score (nSPS) is 10.8. The van der Waals surface area contributed by atoms with E-state index in [1.807, 2.05) is 39.0 Å². The number of amides is 1. The molecule has 1 amide bonds. The van der Waals surface area contributed by atoms with Crippen LogP contribution < -0.4 is 4.74 Å². The second kappa shape index (κ2) is 8.22. The van der Waals surface area contributed by atoms with Crippen molar-refractivity contribution in [3.8, 4) is 5.75 Å². The number of methoxy groups -OCH3 is 2. The molecule has 0 aliphatic rings. The van der Waals surface area contributed by atoms with Crippen LogP contribution in [0.5, 0.6) is 5.75 Å². The number of nitrogens with zero attached hydrogens (tertiary/aromatic N) is 1. The molecule has 120 valence electrons. The number of carbonyl (C=O) groups excluding carboxylic acids is 2. The summed E-state index contributed by atoms with van der Waals surface area (Å²) in [6, 6.07) is 5.63. The first kappa shape index (κ1) is 17.8. The molecule has 0 aliphatic heterocycles. The van der Waals surface area contributed by atoms with Crippen molar-refractivity contribution in [1.29, 1.82) is 0 Å². The van der Waals surface area contributed by atoms with Crippen LogP contribution in [0.4, 0.5) is 0 Å². The first-order valence-corrected chi connectivity index (χ1v) is 7.09. The average Bonchev–Trinajstić information content (AvgIpc) is 2.49. The van der Waals surface area contributed by atoms with Gasteiger partial charge in [-0.15, -0.1) is 0 Å². The number of benzene rings is 1. The predicted octanol–water partition coefficient (Wildman–Crippen LogP) is 2.43. The van der Waals surface area contributed by atoms with Crippen LogP contribution in [0.2, 0.25) is 0 Å². The minimum absolute atomic E-state index is 0.0672. The Morgan fingerprint density at radius 3 is 2.50 bits per heavy atom. The molecule has 5 nitrogen and oxygen atoms in total. The molecule has 0 aromatic heterocycles. The molecule has 0 heterocycles. The molecular formula is C17H23NO4. The van der Waals surface area contributed by atoms with Crippen molar-refractivity contribution in [2.45, 2.75) is 26.8 Å². The van der Waals surface area contributed by atoms with Crippen LogP contribution >= 0.6 is 0 Å². The smallest absolute Gasteiger partial charge is 0.325 e. The van der Waals surface area contributed by atoms with E-state index < -0.39 is 5.97 Å². The highest BCUT2D eigenvalue weighted by molar-refractivity contribution is 5.94. The summed E-state index contributed by atoms with van der Waals surface area (Å²) in [5, 5.41) is 0. The molecule has 22 heavy (non-hydrogen) atoms. The van der Waals surface area contributed by atoms with Gasteiger partial charge in [-0.25, -0.2) is 0 Å². The highest BCUT2D eigenvalue weighted by Gasteiger charge is 2.18. The van der Waals surface area contributed by atoms with Gasteiger partial charge in [-0.3, -0.25) is 9.59 Å². The summed E-state index contributed by atoms with van der Waals surface area (Å²) in [4.78, 5) is 25.1. The maximum atomic E-state index is 12.3. The van der Waals surface area contributed by atoms with Crippen LogP contribution in [0.25, 0.3) is 6.08 Å². The van der Waals surface area contributed by atoms with E-state index in [0.717, 1.165) is 11.1 Å². The van der Waals surface area contributed by atoms with Gasteiger partial charge in [-0.2, -0.15) is 0 Å². The first-order chi connectivity index (χ1) is 10.4. The van der Waals surface area contributed by atoms with Crippen molar-refractivity contribution in [3.63, 3.8) is 0 Å². The van der Waals surface area contributed by atoms with Crippen molar-refractivity contribution >= 4 is 18.0 Å². The maximum absolute atomic E-state index is 12.3. The number of aryl methyl sites for hydroxylation is 1. The fourth-order valence-corrected chi connectivity index (χ4v) is 1.96. The van der Waals surface area contributed by atoms with Gasteiger partial charge in [0.05, 0.1) is 14.2 Å². The SMILES string of the molecule is COC(=O)CN(C(=O)/C=C/c1cc(C)ccc1OC)C(C)C. The summed E-state index contributed by atoms with van der Waals surface area (Å²) in [5.74, 6) is 0.00580. The van der Waals surface area contributed by atoms with Gasteiger partial charge >= 0.3 is 5.97 Å². The molecule has 0 spiro atoms. The summed E-state index contributed by atoms with van der Waals surface area (Å²) >= 11 is 0. The van der Waals surface area contributed by atoms with E-state index in [4.69, 9.17) is 4.74 Å². The molecule has 1 aromatic carbocycles. The molecule has 5 heteroatoms. The molecule has 0 unspecified atom stereocenters. The van der Waals surface area contributed by atoms with E-state index in [2.05, 4.69) is 4.74 Å². The maximum Gasteiger partial charge on any atom is 0.325 e. The third-order valence-corrected chi connectivity index (χ3v) is 3.22. The number of ether oxygens (including phenoxy) is 2. The molecule has 0 bridgehead atoms. The molecule has 1 aromatic rings. The van der Waals surface area contributed by atoms with E-state index >= 15 is 0 Å². The van der Waals surface area contributed by atoms with Crippen molar-refractivity contribution in [2.24, 2.45) is 0 Å². The number of hydrogen-bond donors (Lipinski definition) is 0. The Labute approximate surface area is 131 Å². The van der Waals surface area contributed by atoms with Crippen LogP contribution in [0.3, 0.4) is 0 Å². The number of hydrogen-bond acceptors (Lipinski definition) is 4. The average molecular weight is 305 g/mol. The van der Waals surface area contributed by atoms with Crippen molar-refractivity contribution < 1.29 is 19.1 Å². The summed E-state index contributed by atoms with van der Waals surface area (Å²) in [7, 11) is 2.89. The lowest BCUT2D eigenvalue weighted by atomic mass is 10.1. The van der Waals surface area contributed by atoms with Gasteiger partial charge in [0.15, 0.2) is 0 Å². The first-order valence-electron chi connectivity index (χ1n) is 7.09. The van der Waals surface area contributed by atoms with E-state index in [0.29, 0.717) is 5.75 Å². The summed E-state index contributed by atoms with van der Waals surface area (Å²) in [6.45, 7) is 5.60. The molecular weight excluding hydrogens is 282 g/mol. The van der Waals surface area contributed by atoms with E-state index in [9.17, 15) is 9.59 Å². The fraction of sp³-hybridized carbons (Fsp3) is 0.412. The van der Waals surface area contributed by atoms with Gasteiger partial charge in [0, 0.05) is 17.7 Å². The summed E-state index contributed by atoms with van der Waals surface area (Å²) in [6.07, 6.45) is 3.14. The molecule has 0 N–H and O–H groups in total. The quantitative estimate of drug-likeness (QED) is 0.598. The largest absolute Gasteiger partial charge is 0.496 e. The van der Waals surface area contributed by atoms with Gasteiger partial charge in [-0.1, -0.05) is 11.6 Å². The van der Waals surface area contributed by atoms with Crippen LogP contribution in [-0.4, -0.2) is 43.6 Å². The lowest BCUT2D eigenvalue weighted by Gasteiger charge is -2.24. The molecule has 0 saturated heterocycles. The number of carbonyl (C=O) groups is 2. The van der Waals surface area contributed by atoms with E-state index in [1.165, 1.54) is 18.1 Å². The third-order valence-electron chi connectivity index (χ3n) is 3.22. The molecule has 1 rings (SSSR count). The molecule has 0 saturated carbocycles.